The molecule has 0 aliphatic carbocycles. The summed E-state index contributed by atoms with van der Waals surface area (Å²) in [5, 5.41) is 3.05. The number of rotatable bonds is 9. The van der Waals surface area contributed by atoms with Gasteiger partial charge in [0.05, 0.1) is 25.7 Å². The fourth-order valence-electron chi connectivity index (χ4n) is 1.90. The van der Waals surface area contributed by atoms with Gasteiger partial charge in [0, 0.05) is 19.2 Å². The van der Waals surface area contributed by atoms with Crippen molar-refractivity contribution in [1.29, 1.82) is 0 Å². The Hall–Kier alpha value is -1.72. The molecule has 0 bridgehead atoms. The Morgan fingerprint density at radius 2 is 1.90 bits per heavy atom. The minimum atomic E-state index is -0.595. The number of ether oxygens (including phenoxy) is 2. The van der Waals surface area contributed by atoms with E-state index in [1.165, 1.54) is 0 Å². The Kier molecular flexibility index (Phi) is 7.64. The molecule has 0 radical (unpaired) electrons. The number of carbonyl (C=O) groups excluding carboxylic acids is 2. The van der Waals surface area contributed by atoms with E-state index in [9.17, 15) is 9.59 Å². The van der Waals surface area contributed by atoms with Crippen LogP contribution in [0.2, 0.25) is 0 Å². The number of hydrogen-bond acceptors (Lipinski definition) is 5. The molecule has 21 heavy (non-hydrogen) atoms. The zero-order valence-electron chi connectivity index (χ0n) is 12.8. The summed E-state index contributed by atoms with van der Waals surface area (Å²) in [7, 11) is 1.59. The Labute approximate surface area is 125 Å². The lowest BCUT2D eigenvalue weighted by atomic mass is 10.0. The normalized spacial score (nSPS) is 12.0. The minimum Gasteiger partial charge on any atom is -0.466 e. The van der Waals surface area contributed by atoms with Crippen molar-refractivity contribution in [3.8, 4) is 0 Å². The molecule has 5 heteroatoms. The minimum absolute atomic E-state index is 0.0181. The summed E-state index contributed by atoms with van der Waals surface area (Å²) >= 11 is 0. The van der Waals surface area contributed by atoms with Crippen LogP contribution in [0.15, 0.2) is 24.3 Å². The Bertz CT molecular complexity index is 456. The summed E-state index contributed by atoms with van der Waals surface area (Å²) in [6.45, 7) is 4.98. The van der Waals surface area contributed by atoms with Gasteiger partial charge < -0.3 is 14.8 Å². The van der Waals surface area contributed by atoms with Crippen LogP contribution in [-0.4, -0.2) is 44.7 Å². The molecule has 0 aliphatic rings. The molecule has 0 saturated heterocycles. The number of methoxy groups -OCH3 is 1. The SMILES string of the molecule is CCOC(=O)CC(NCCOC)C(=O)c1ccc(C)cc1. The Morgan fingerprint density at radius 3 is 2.48 bits per heavy atom. The third kappa shape index (κ3) is 6.06. The van der Waals surface area contributed by atoms with Crippen molar-refractivity contribution >= 4 is 11.8 Å². The Balaban J connectivity index is 2.75. The van der Waals surface area contributed by atoms with E-state index in [4.69, 9.17) is 9.47 Å². The van der Waals surface area contributed by atoms with Gasteiger partial charge in [-0.25, -0.2) is 0 Å². The highest BCUT2D eigenvalue weighted by Crippen LogP contribution is 2.09. The largest absolute Gasteiger partial charge is 0.466 e. The van der Waals surface area contributed by atoms with Crippen LogP contribution in [0.4, 0.5) is 0 Å². The fraction of sp³-hybridized carbons (Fsp3) is 0.500. The zero-order valence-corrected chi connectivity index (χ0v) is 12.8. The van der Waals surface area contributed by atoms with E-state index in [1.807, 2.05) is 19.1 Å². The third-order valence-corrected chi connectivity index (χ3v) is 3.03. The fourth-order valence-corrected chi connectivity index (χ4v) is 1.90. The van der Waals surface area contributed by atoms with Crippen molar-refractivity contribution in [3.63, 3.8) is 0 Å². The molecule has 0 amide bonds. The quantitative estimate of drug-likeness (QED) is 0.427. The van der Waals surface area contributed by atoms with E-state index in [-0.39, 0.29) is 18.2 Å². The maximum absolute atomic E-state index is 12.5. The maximum atomic E-state index is 12.5. The standard InChI is InChI=1S/C16H23NO4/c1-4-21-15(18)11-14(17-9-10-20-3)16(19)13-7-5-12(2)6-8-13/h5-8,14,17H,4,9-11H2,1-3H3. The van der Waals surface area contributed by atoms with Gasteiger partial charge in [0.25, 0.3) is 0 Å². The van der Waals surface area contributed by atoms with Crippen molar-refractivity contribution in [1.82, 2.24) is 5.32 Å². The number of benzene rings is 1. The van der Waals surface area contributed by atoms with Gasteiger partial charge in [0.2, 0.25) is 0 Å². The van der Waals surface area contributed by atoms with E-state index < -0.39 is 6.04 Å². The molecule has 1 aromatic carbocycles. The van der Waals surface area contributed by atoms with Gasteiger partial charge in [-0.3, -0.25) is 9.59 Å². The van der Waals surface area contributed by atoms with Crippen LogP contribution >= 0.6 is 0 Å². The summed E-state index contributed by atoms with van der Waals surface area (Å²) in [4.78, 5) is 24.1. The lowest BCUT2D eigenvalue weighted by Gasteiger charge is -2.17. The van der Waals surface area contributed by atoms with Crippen LogP contribution in [0.25, 0.3) is 0 Å². The molecule has 0 aromatic heterocycles. The van der Waals surface area contributed by atoms with Gasteiger partial charge in [-0.2, -0.15) is 0 Å². The topological polar surface area (TPSA) is 64.6 Å². The van der Waals surface area contributed by atoms with Gasteiger partial charge in [0.1, 0.15) is 0 Å². The average Bonchev–Trinajstić information content (AvgIpc) is 2.47. The van der Waals surface area contributed by atoms with Gasteiger partial charge in [0.15, 0.2) is 5.78 Å². The van der Waals surface area contributed by atoms with Crippen LogP contribution < -0.4 is 5.32 Å². The smallest absolute Gasteiger partial charge is 0.307 e. The van der Waals surface area contributed by atoms with Gasteiger partial charge >= 0.3 is 5.97 Å². The predicted molar refractivity (Wildman–Crippen MR) is 80.4 cm³/mol. The number of aryl methyl sites for hydroxylation is 1. The van der Waals surface area contributed by atoms with Crippen molar-refractivity contribution < 1.29 is 19.1 Å². The highest BCUT2D eigenvalue weighted by Gasteiger charge is 2.23. The number of hydrogen-bond donors (Lipinski definition) is 1. The van der Waals surface area contributed by atoms with Gasteiger partial charge in [-0.1, -0.05) is 29.8 Å². The summed E-state index contributed by atoms with van der Waals surface area (Å²) in [6, 6.07) is 6.71. The van der Waals surface area contributed by atoms with Crippen molar-refractivity contribution in [2.24, 2.45) is 0 Å². The summed E-state index contributed by atoms with van der Waals surface area (Å²) < 4.78 is 9.88. The van der Waals surface area contributed by atoms with E-state index in [0.717, 1.165) is 5.56 Å². The first-order chi connectivity index (χ1) is 10.1. The molecule has 1 aromatic rings. The number of nitrogens with one attached hydrogen (secondary N) is 1. The van der Waals surface area contributed by atoms with E-state index in [0.29, 0.717) is 25.3 Å². The molecule has 5 nitrogen and oxygen atoms in total. The van der Waals surface area contributed by atoms with Crippen LogP contribution in [0.5, 0.6) is 0 Å². The Morgan fingerprint density at radius 1 is 1.24 bits per heavy atom. The molecule has 0 fully saturated rings. The molecule has 1 unspecified atom stereocenters. The van der Waals surface area contributed by atoms with Crippen molar-refractivity contribution in [2.45, 2.75) is 26.3 Å². The molecule has 1 atom stereocenters. The first kappa shape index (κ1) is 17.3. The molecule has 0 aliphatic heterocycles. The average molecular weight is 293 g/mol. The van der Waals surface area contributed by atoms with Crippen LogP contribution in [0.1, 0.15) is 29.3 Å². The van der Waals surface area contributed by atoms with E-state index in [1.54, 1.807) is 26.2 Å². The van der Waals surface area contributed by atoms with E-state index >= 15 is 0 Å². The second kappa shape index (κ2) is 9.26. The number of carbonyl (C=O) groups is 2. The summed E-state index contributed by atoms with van der Waals surface area (Å²) in [5.74, 6) is -0.493. The molecular weight excluding hydrogens is 270 g/mol. The predicted octanol–water partition coefficient (Wildman–Crippen LogP) is 1.74. The first-order valence-electron chi connectivity index (χ1n) is 7.07. The van der Waals surface area contributed by atoms with E-state index in [2.05, 4.69) is 5.32 Å². The van der Waals surface area contributed by atoms with Crippen molar-refractivity contribution in [2.75, 3.05) is 26.9 Å². The highest BCUT2D eigenvalue weighted by atomic mass is 16.5. The van der Waals surface area contributed by atoms with Crippen molar-refractivity contribution in [3.05, 3.63) is 35.4 Å². The molecular formula is C16H23NO4. The third-order valence-electron chi connectivity index (χ3n) is 3.03. The van der Waals surface area contributed by atoms with Crippen LogP contribution in [0, 0.1) is 6.92 Å². The second-order valence-corrected chi connectivity index (χ2v) is 4.74. The summed E-state index contributed by atoms with van der Waals surface area (Å²) in [5.41, 5.74) is 1.67. The number of ketones is 1. The lowest BCUT2D eigenvalue weighted by molar-refractivity contribution is -0.143. The molecule has 1 rings (SSSR count). The monoisotopic (exact) mass is 293 g/mol. The van der Waals surface area contributed by atoms with Crippen LogP contribution in [-0.2, 0) is 14.3 Å². The number of esters is 1. The van der Waals surface area contributed by atoms with Gasteiger partial charge in [-0.05, 0) is 13.8 Å². The number of Topliss-reactive ketones (excluding diaryl/α,β-unsaturated/α-hetero) is 1. The maximum Gasteiger partial charge on any atom is 0.307 e. The molecule has 0 spiro atoms. The molecule has 0 heterocycles. The summed E-state index contributed by atoms with van der Waals surface area (Å²) in [6.07, 6.45) is 0.0181. The van der Waals surface area contributed by atoms with Gasteiger partial charge in [-0.15, -0.1) is 0 Å². The molecule has 0 saturated carbocycles. The molecule has 1 N–H and O–H groups in total. The first-order valence-corrected chi connectivity index (χ1v) is 7.07. The second-order valence-electron chi connectivity index (χ2n) is 4.74. The highest BCUT2D eigenvalue weighted by molar-refractivity contribution is 6.01. The zero-order chi connectivity index (χ0) is 15.7. The van der Waals surface area contributed by atoms with Crippen LogP contribution in [0.3, 0.4) is 0 Å². The molecule has 116 valence electrons. The lowest BCUT2D eigenvalue weighted by Crippen LogP contribution is -2.40.